The van der Waals surface area contributed by atoms with Crippen LogP contribution in [0.2, 0.25) is 0 Å². The second-order valence-corrected chi connectivity index (χ2v) is 17.8. The lowest BCUT2D eigenvalue weighted by Crippen LogP contribution is -2.52. The highest BCUT2D eigenvalue weighted by Gasteiger charge is 2.64. The minimum atomic E-state index is -4.04. The van der Waals surface area contributed by atoms with Crippen molar-refractivity contribution in [1.82, 2.24) is 25.1 Å². The molecule has 2 saturated heterocycles. The monoisotopic (exact) mass is 791 g/mol. The lowest BCUT2D eigenvalue weighted by molar-refractivity contribution is -0.140. The molecule has 0 bridgehead atoms. The molecule has 3 amide bonds. The van der Waals surface area contributed by atoms with Gasteiger partial charge in [-0.1, -0.05) is 54.4 Å². The fourth-order valence-corrected chi connectivity index (χ4v) is 9.82. The lowest BCUT2D eigenvalue weighted by atomic mass is 9.89. The second-order valence-electron chi connectivity index (χ2n) is 15.8. The van der Waals surface area contributed by atoms with Crippen molar-refractivity contribution in [2.75, 3.05) is 6.54 Å². The van der Waals surface area contributed by atoms with Gasteiger partial charge in [0, 0.05) is 42.5 Å². The summed E-state index contributed by atoms with van der Waals surface area (Å²) >= 11 is 0. The first-order chi connectivity index (χ1) is 26.7. The number of carbonyl (C=O) groups excluding carboxylic acids is 4. The number of para-hydroxylation sites is 1. The summed E-state index contributed by atoms with van der Waals surface area (Å²) in [5, 5.41) is 8.28. The molecule has 5 atom stereocenters. The van der Waals surface area contributed by atoms with Gasteiger partial charge in [-0.25, -0.2) is 22.2 Å². The van der Waals surface area contributed by atoms with E-state index in [9.17, 15) is 27.6 Å². The molecule has 0 spiro atoms. The summed E-state index contributed by atoms with van der Waals surface area (Å²) in [4.78, 5) is 62.4. The molecule has 8 rings (SSSR count). The molecular weight excluding hydrogens is 749 g/mol. The number of nitrogens with one attached hydrogen (secondary N) is 2. The Bertz CT molecular complexity index is 2330. The molecule has 2 aromatic carbocycles. The highest BCUT2D eigenvalue weighted by molar-refractivity contribution is 7.90. The van der Waals surface area contributed by atoms with Gasteiger partial charge < -0.3 is 19.5 Å². The van der Waals surface area contributed by atoms with Gasteiger partial charge in [-0.3, -0.25) is 23.9 Å². The largest absolute Gasteiger partial charge is 0.472 e. The zero-order valence-corrected chi connectivity index (χ0v) is 31.7. The SMILES string of the molecule is Cc1cc(C(=O)N[C@H]2CCCCCC(F)(F)C[C@@H]3C[C@@]3(C(=O)NS(=O)(=O)C3CC3)CC(=O)[C@@H]3C[C@@H](Oc4nc5ccccc5c5ccccc45)CN3C2=O)no1. The van der Waals surface area contributed by atoms with Crippen molar-refractivity contribution < 1.29 is 45.6 Å². The van der Waals surface area contributed by atoms with Crippen LogP contribution in [0.25, 0.3) is 21.7 Å². The Morgan fingerprint density at radius 1 is 0.964 bits per heavy atom. The number of fused-ring (bicyclic) bond motifs is 5. The summed E-state index contributed by atoms with van der Waals surface area (Å²) < 4.78 is 70.3. The fourth-order valence-electron chi connectivity index (χ4n) is 8.43. The Balaban J connectivity index is 1.14. The average molecular weight is 792 g/mol. The van der Waals surface area contributed by atoms with Crippen molar-refractivity contribution in [1.29, 1.82) is 0 Å². The normalized spacial score (nSPS) is 27.2. The summed E-state index contributed by atoms with van der Waals surface area (Å²) in [6.07, 6.45) is -0.971. The maximum Gasteiger partial charge on any atom is 0.274 e. The number of alkyl halides is 2. The number of ether oxygens (including phenoxy) is 1. The number of hydrogen-bond donors (Lipinski definition) is 2. The molecule has 2 N–H and O–H groups in total. The van der Waals surface area contributed by atoms with Gasteiger partial charge in [0.05, 0.1) is 28.8 Å². The number of Topliss-reactive ketones (excluding diaryl/α,β-unsaturated/α-hetero) is 1. The van der Waals surface area contributed by atoms with Crippen LogP contribution < -0.4 is 14.8 Å². The Labute approximate surface area is 321 Å². The van der Waals surface area contributed by atoms with E-state index >= 15 is 8.78 Å². The van der Waals surface area contributed by atoms with Gasteiger partial charge in [-0.15, -0.1) is 0 Å². The molecule has 4 aromatic rings. The summed E-state index contributed by atoms with van der Waals surface area (Å²) in [5.74, 6) is -6.25. The van der Waals surface area contributed by atoms with E-state index in [-0.39, 0.29) is 37.9 Å². The Kier molecular flexibility index (Phi) is 9.82. The van der Waals surface area contributed by atoms with Crippen molar-refractivity contribution in [2.24, 2.45) is 11.3 Å². The molecule has 0 radical (unpaired) electrons. The number of benzene rings is 2. The number of halogens is 2. The minimum Gasteiger partial charge on any atom is -0.472 e. The molecule has 4 aliphatic rings. The number of rotatable bonds is 7. The highest BCUT2D eigenvalue weighted by Crippen LogP contribution is 2.60. The fraction of sp³-hybridized carbons (Fsp3) is 0.500. The number of aromatic nitrogens is 2. The number of ketones is 1. The number of nitrogens with zero attached hydrogens (tertiary/aromatic N) is 3. The molecule has 16 heteroatoms. The predicted octanol–water partition coefficient (Wildman–Crippen LogP) is 5.39. The van der Waals surface area contributed by atoms with Gasteiger partial charge in [0.1, 0.15) is 17.9 Å². The van der Waals surface area contributed by atoms with Crippen LogP contribution in [0.15, 0.2) is 59.1 Å². The molecule has 0 unspecified atom stereocenters. The van der Waals surface area contributed by atoms with Crippen LogP contribution in [0.4, 0.5) is 8.78 Å². The first-order valence-electron chi connectivity index (χ1n) is 19.2. The summed E-state index contributed by atoms with van der Waals surface area (Å²) in [6, 6.07) is 14.2. The maximum absolute atomic E-state index is 15.4. The smallest absolute Gasteiger partial charge is 0.274 e. The number of aryl methyl sites for hydroxylation is 1. The molecule has 2 aromatic heterocycles. The van der Waals surface area contributed by atoms with Crippen molar-refractivity contribution >= 4 is 55.2 Å². The molecule has 4 fully saturated rings. The number of sulfonamides is 1. The summed E-state index contributed by atoms with van der Waals surface area (Å²) in [5.41, 5.74) is -1.06. The average Bonchev–Trinajstić information content (AvgIpc) is 4.04. The third-order valence-electron chi connectivity index (χ3n) is 11.7. The summed E-state index contributed by atoms with van der Waals surface area (Å²) in [6.45, 7) is 1.53. The maximum atomic E-state index is 15.4. The third kappa shape index (κ3) is 7.59. The van der Waals surface area contributed by atoms with Crippen LogP contribution >= 0.6 is 0 Å². The number of carbonyl (C=O) groups is 4. The van der Waals surface area contributed by atoms with Crippen molar-refractivity contribution in [2.45, 2.75) is 107 Å². The van der Waals surface area contributed by atoms with Crippen LogP contribution in [0.1, 0.15) is 86.9 Å². The van der Waals surface area contributed by atoms with Crippen LogP contribution in [0.5, 0.6) is 5.88 Å². The quantitative estimate of drug-likeness (QED) is 0.231. The number of amides is 3. The van der Waals surface area contributed by atoms with Crippen LogP contribution in [-0.2, 0) is 24.4 Å². The molecule has 296 valence electrons. The van der Waals surface area contributed by atoms with E-state index in [2.05, 4.69) is 15.2 Å². The van der Waals surface area contributed by atoms with Gasteiger partial charge in [-0.05, 0) is 62.5 Å². The van der Waals surface area contributed by atoms with Gasteiger partial charge in [-0.2, -0.15) is 0 Å². The van der Waals surface area contributed by atoms with Crippen molar-refractivity contribution in [3.05, 3.63) is 66.1 Å². The minimum absolute atomic E-state index is 0.0184. The van der Waals surface area contributed by atoms with E-state index in [0.717, 1.165) is 16.2 Å². The van der Waals surface area contributed by atoms with Crippen LogP contribution in [0, 0.1) is 18.3 Å². The van der Waals surface area contributed by atoms with Crippen molar-refractivity contribution in [3.63, 3.8) is 0 Å². The van der Waals surface area contributed by atoms with Crippen LogP contribution in [0.3, 0.4) is 0 Å². The zero-order valence-electron chi connectivity index (χ0n) is 30.8. The van der Waals surface area contributed by atoms with Gasteiger partial charge >= 0.3 is 0 Å². The van der Waals surface area contributed by atoms with E-state index in [4.69, 9.17) is 14.2 Å². The Hall–Kier alpha value is -4.99. The van der Waals surface area contributed by atoms with E-state index in [1.807, 2.05) is 48.5 Å². The zero-order chi connectivity index (χ0) is 39.4. The second kappa shape index (κ2) is 14.5. The molecule has 2 aliphatic carbocycles. The third-order valence-corrected chi connectivity index (χ3v) is 13.5. The number of hydrogen-bond acceptors (Lipinski definition) is 10. The van der Waals surface area contributed by atoms with Gasteiger partial charge in [0.15, 0.2) is 11.5 Å². The molecule has 4 heterocycles. The molecule has 2 saturated carbocycles. The predicted molar refractivity (Wildman–Crippen MR) is 199 cm³/mol. The first-order valence-corrected chi connectivity index (χ1v) is 20.7. The van der Waals surface area contributed by atoms with Gasteiger partial charge in [0.25, 0.3) is 5.91 Å². The Morgan fingerprint density at radius 2 is 1.70 bits per heavy atom. The van der Waals surface area contributed by atoms with Crippen LogP contribution in [-0.4, -0.2) is 82.9 Å². The molecule has 13 nitrogen and oxygen atoms in total. The van der Waals surface area contributed by atoms with E-state index in [1.165, 1.54) is 11.0 Å². The topological polar surface area (TPSA) is 178 Å². The standard InChI is InChI=1S/C40H43F2N5O8S/c1-23-17-32(45-55-23)35(49)43-31-13-3-2-8-16-40(41,42)20-24-19-39(24,38(51)46-56(52,53)26-14-15-26)21-34(48)33-18-25(22-47(33)37(31)50)54-36-29-11-5-4-9-27(29)28-10-6-7-12-30(28)44-36/h4-7,9-12,17,24-26,31,33H,2-3,8,13-16,18-22H2,1H3,(H,43,49)(H,46,51)/t24-,25+,31-,33-,39+/m0/s1. The van der Waals surface area contributed by atoms with E-state index in [0.29, 0.717) is 42.8 Å². The Morgan fingerprint density at radius 3 is 2.43 bits per heavy atom. The van der Waals surface area contributed by atoms with Crippen molar-refractivity contribution in [3.8, 4) is 5.88 Å². The lowest BCUT2D eigenvalue weighted by Gasteiger charge is -2.29. The molecule has 2 aliphatic heterocycles. The van der Waals surface area contributed by atoms with E-state index < -0.39 is 93.5 Å². The molecule has 56 heavy (non-hydrogen) atoms. The highest BCUT2D eigenvalue weighted by atomic mass is 32.2. The number of pyridine rings is 1. The molecular formula is C40H43F2N5O8S. The van der Waals surface area contributed by atoms with Gasteiger partial charge in [0.2, 0.25) is 33.6 Å². The first kappa shape index (κ1) is 37.9. The van der Waals surface area contributed by atoms with E-state index in [1.54, 1.807) is 6.92 Å². The summed E-state index contributed by atoms with van der Waals surface area (Å²) in [7, 11) is -4.04.